The first-order valence-corrected chi connectivity index (χ1v) is 9.75. The number of aryl methyl sites for hydroxylation is 1. The molecular weight excluding hydrogens is 387 g/mol. The molecule has 1 heterocycles. The van der Waals surface area contributed by atoms with Crippen LogP contribution in [0.5, 0.6) is 5.75 Å². The Morgan fingerprint density at radius 3 is 2.77 bits per heavy atom. The first-order valence-electron chi connectivity index (χ1n) is 9.75. The number of rotatable bonds is 9. The summed E-state index contributed by atoms with van der Waals surface area (Å²) in [6, 6.07) is 13.2. The summed E-state index contributed by atoms with van der Waals surface area (Å²) in [5.74, 6) is 0.411. The summed E-state index contributed by atoms with van der Waals surface area (Å²) in [5, 5.41) is 10.8. The smallest absolute Gasteiger partial charge is 0.273 e. The van der Waals surface area contributed by atoms with E-state index in [-0.39, 0.29) is 36.8 Å². The van der Waals surface area contributed by atoms with Crippen molar-refractivity contribution in [2.24, 2.45) is 0 Å². The van der Waals surface area contributed by atoms with Gasteiger partial charge < -0.3 is 15.0 Å². The van der Waals surface area contributed by atoms with Crippen molar-refractivity contribution in [3.05, 3.63) is 76.0 Å². The third kappa shape index (κ3) is 5.97. The Kier molecular flexibility index (Phi) is 7.26. The molecule has 0 saturated heterocycles. The van der Waals surface area contributed by atoms with Gasteiger partial charge in [0.2, 0.25) is 5.91 Å². The maximum atomic E-state index is 13.2. The summed E-state index contributed by atoms with van der Waals surface area (Å²) in [7, 11) is 0. The van der Waals surface area contributed by atoms with E-state index in [1.807, 2.05) is 19.1 Å². The molecule has 3 rings (SSSR count). The van der Waals surface area contributed by atoms with Crippen molar-refractivity contribution < 1.29 is 13.9 Å². The van der Waals surface area contributed by atoms with Crippen molar-refractivity contribution in [1.29, 1.82) is 0 Å². The van der Waals surface area contributed by atoms with Gasteiger partial charge in [0.1, 0.15) is 17.3 Å². The average Bonchev–Trinajstić information content (AvgIpc) is 2.75. The van der Waals surface area contributed by atoms with Gasteiger partial charge in [-0.05, 0) is 36.2 Å². The predicted octanol–water partition coefficient (Wildman–Crippen LogP) is 3.01. The molecule has 1 aromatic heterocycles. The standard InChI is InChI=1S/C22H23FN4O3/c1-2-11-30-18-8-4-6-16(13-18)21-25-22(29)19(26-27-21)9-10-20(28)24-14-15-5-3-7-17(23)12-15/h3-8,12-13H,2,9-11,14H2,1H3,(H,24,28)(H,25,27,29). The van der Waals surface area contributed by atoms with Crippen LogP contribution >= 0.6 is 0 Å². The summed E-state index contributed by atoms with van der Waals surface area (Å²) in [4.78, 5) is 27.1. The van der Waals surface area contributed by atoms with Gasteiger partial charge in [-0.2, -0.15) is 0 Å². The SMILES string of the molecule is CCCOc1cccc(-c2nnc(CCC(=O)NCc3cccc(F)c3)c(=O)[nH]2)c1. The normalized spacial score (nSPS) is 10.6. The van der Waals surface area contributed by atoms with Crippen LogP contribution < -0.4 is 15.6 Å². The molecule has 0 aliphatic rings. The van der Waals surface area contributed by atoms with Gasteiger partial charge in [0, 0.05) is 24.9 Å². The molecular formula is C22H23FN4O3. The van der Waals surface area contributed by atoms with E-state index < -0.39 is 5.56 Å². The van der Waals surface area contributed by atoms with E-state index in [0.29, 0.717) is 29.3 Å². The molecule has 0 radical (unpaired) electrons. The van der Waals surface area contributed by atoms with Crippen molar-refractivity contribution in [2.75, 3.05) is 6.61 Å². The maximum Gasteiger partial charge on any atom is 0.273 e. The number of aromatic amines is 1. The lowest BCUT2D eigenvalue weighted by molar-refractivity contribution is -0.121. The predicted molar refractivity (Wildman–Crippen MR) is 110 cm³/mol. The lowest BCUT2D eigenvalue weighted by Gasteiger charge is -2.07. The fraction of sp³-hybridized carbons (Fsp3) is 0.273. The molecule has 0 spiro atoms. The maximum absolute atomic E-state index is 13.2. The van der Waals surface area contributed by atoms with Crippen LogP contribution in [0, 0.1) is 5.82 Å². The number of carbonyl (C=O) groups excluding carboxylic acids is 1. The molecule has 2 aromatic carbocycles. The number of hydrogen-bond acceptors (Lipinski definition) is 5. The highest BCUT2D eigenvalue weighted by Crippen LogP contribution is 2.20. The molecule has 0 bridgehead atoms. The summed E-state index contributed by atoms with van der Waals surface area (Å²) < 4.78 is 18.8. The molecule has 0 atom stereocenters. The molecule has 0 saturated carbocycles. The van der Waals surface area contributed by atoms with E-state index in [1.54, 1.807) is 24.3 Å². The number of aromatic nitrogens is 3. The second-order valence-electron chi connectivity index (χ2n) is 6.73. The molecule has 7 nitrogen and oxygen atoms in total. The van der Waals surface area contributed by atoms with Crippen molar-refractivity contribution in [1.82, 2.24) is 20.5 Å². The Morgan fingerprint density at radius 1 is 1.17 bits per heavy atom. The van der Waals surface area contributed by atoms with Crippen LogP contribution in [0.1, 0.15) is 31.0 Å². The van der Waals surface area contributed by atoms with E-state index in [1.165, 1.54) is 12.1 Å². The van der Waals surface area contributed by atoms with Crippen LogP contribution in [0.25, 0.3) is 11.4 Å². The first-order chi connectivity index (χ1) is 14.5. The van der Waals surface area contributed by atoms with Crippen LogP contribution in [0.2, 0.25) is 0 Å². The zero-order chi connectivity index (χ0) is 21.3. The number of benzene rings is 2. The number of carbonyl (C=O) groups is 1. The minimum absolute atomic E-state index is 0.0762. The number of ether oxygens (including phenoxy) is 1. The molecule has 1 amide bonds. The molecule has 2 N–H and O–H groups in total. The van der Waals surface area contributed by atoms with E-state index in [0.717, 1.165) is 6.42 Å². The number of H-pyrrole nitrogens is 1. The minimum atomic E-state index is -0.391. The molecule has 0 aliphatic carbocycles. The largest absolute Gasteiger partial charge is 0.494 e. The number of nitrogens with zero attached hydrogens (tertiary/aromatic N) is 2. The Bertz CT molecular complexity index is 1070. The van der Waals surface area contributed by atoms with Crippen molar-refractivity contribution in [3.63, 3.8) is 0 Å². The second kappa shape index (κ2) is 10.3. The van der Waals surface area contributed by atoms with Gasteiger partial charge >= 0.3 is 0 Å². The van der Waals surface area contributed by atoms with Crippen molar-refractivity contribution in [2.45, 2.75) is 32.7 Å². The van der Waals surface area contributed by atoms with E-state index in [9.17, 15) is 14.0 Å². The van der Waals surface area contributed by atoms with Crippen LogP contribution in [-0.4, -0.2) is 27.7 Å². The van der Waals surface area contributed by atoms with Gasteiger partial charge in [-0.15, -0.1) is 10.2 Å². The molecule has 156 valence electrons. The van der Waals surface area contributed by atoms with E-state index in [2.05, 4.69) is 20.5 Å². The average molecular weight is 410 g/mol. The first kappa shape index (κ1) is 21.2. The molecule has 8 heteroatoms. The lowest BCUT2D eigenvalue weighted by Crippen LogP contribution is -2.25. The van der Waals surface area contributed by atoms with Gasteiger partial charge in [0.25, 0.3) is 5.56 Å². The summed E-state index contributed by atoms with van der Waals surface area (Å²) in [6.07, 6.45) is 1.12. The van der Waals surface area contributed by atoms with Crippen LogP contribution in [0.15, 0.2) is 53.3 Å². The van der Waals surface area contributed by atoms with Crippen molar-refractivity contribution >= 4 is 5.91 Å². The summed E-state index contributed by atoms with van der Waals surface area (Å²) in [6.45, 7) is 2.84. The third-order valence-corrected chi connectivity index (χ3v) is 4.31. The minimum Gasteiger partial charge on any atom is -0.494 e. The topological polar surface area (TPSA) is 97.0 Å². The Balaban J connectivity index is 1.57. The quantitative estimate of drug-likeness (QED) is 0.565. The monoisotopic (exact) mass is 410 g/mol. The molecule has 0 unspecified atom stereocenters. The fourth-order valence-electron chi connectivity index (χ4n) is 2.77. The van der Waals surface area contributed by atoms with Crippen molar-refractivity contribution in [3.8, 4) is 17.1 Å². The third-order valence-electron chi connectivity index (χ3n) is 4.31. The number of halogens is 1. The number of amides is 1. The van der Waals surface area contributed by atoms with Gasteiger partial charge in [-0.25, -0.2) is 4.39 Å². The molecule has 3 aromatic rings. The van der Waals surface area contributed by atoms with E-state index in [4.69, 9.17) is 4.74 Å². The summed E-state index contributed by atoms with van der Waals surface area (Å²) >= 11 is 0. The summed E-state index contributed by atoms with van der Waals surface area (Å²) in [5.41, 5.74) is 1.14. The van der Waals surface area contributed by atoms with Gasteiger partial charge in [0.05, 0.1) is 6.61 Å². The van der Waals surface area contributed by atoms with Crippen LogP contribution in [-0.2, 0) is 17.8 Å². The highest BCUT2D eigenvalue weighted by Gasteiger charge is 2.10. The Morgan fingerprint density at radius 2 is 2.00 bits per heavy atom. The van der Waals surface area contributed by atoms with Gasteiger partial charge in [-0.1, -0.05) is 31.2 Å². The molecule has 30 heavy (non-hydrogen) atoms. The number of hydrogen-bond donors (Lipinski definition) is 2. The van der Waals surface area contributed by atoms with Crippen LogP contribution in [0.3, 0.4) is 0 Å². The van der Waals surface area contributed by atoms with E-state index >= 15 is 0 Å². The zero-order valence-electron chi connectivity index (χ0n) is 16.7. The number of nitrogens with one attached hydrogen (secondary N) is 2. The lowest BCUT2D eigenvalue weighted by atomic mass is 10.2. The highest BCUT2D eigenvalue weighted by molar-refractivity contribution is 5.76. The second-order valence-corrected chi connectivity index (χ2v) is 6.73. The molecule has 0 fully saturated rings. The highest BCUT2D eigenvalue weighted by atomic mass is 19.1. The van der Waals surface area contributed by atoms with Crippen LogP contribution in [0.4, 0.5) is 4.39 Å². The Labute approximate surface area is 173 Å². The Hall–Kier alpha value is -3.55. The molecule has 0 aliphatic heterocycles. The fourth-order valence-corrected chi connectivity index (χ4v) is 2.77. The van der Waals surface area contributed by atoms with Gasteiger partial charge in [0.15, 0.2) is 5.82 Å². The zero-order valence-corrected chi connectivity index (χ0v) is 16.7. The van der Waals surface area contributed by atoms with Gasteiger partial charge in [-0.3, -0.25) is 9.59 Å².